The molecule has 88 valence electrons. The number of aliphatic hydroxyl groups is 1. The Morgan fingerprint density at radius 3 is 2.24 bits per heavy atom. The van der Waals surface area contributed by atoms with Crippen LogP contribution in [0.1, 0.15) is 18.6 Å². The van der Waals surface area contributed by atoms with Crippen LogP contribution in [0.4, 0.5) is 0 Å². The van der Waals surface area contributed by atoms with Gasteiger partial charge >= 0.3 is 0 Å². The van der Waals surface area contributed by atoms with E-state index >= 15 is 0 Å². The van der Waals surface area contributed by atoms with Crippen LogP contribution in [0.2, 0.25) is 0 Å². The molecule has 0 amide bonds. The highest BCUT2D eigenvalue weighted by molar-refractivity contribution is 9.10. The molecule has 1 nitrogen and oxygen atoms in total. The summed E-state index contributed by atoms with van der Waals surface area (Å²) in [6, 6.07) is 16.0. The fraction of sp³-hybridized carbons (Fsp3) is 0.143. The second-order valence-electron chi connectivity index (χ2n) is 3.75. The van der Waals surface area contributed by atoms with E-state index in [-0.39, 0.29) is 0 Å². The maximum Gasteiger partial charge on any atom is 0.0772 e. The van der Waals surface area contributed by atoms with Gasteiger partial charge in [0.05, 0.1) is 6.10 Å². The molecule has 0 bridgehead atoms. The van der Waals surface area contributed by atoms with Crippen molar-refractivity contribution in [2.75, 3.05) is 0 Å². The highest BCUT2D eigenvalue weighted by Gasteiger charge is 2.09. The monoisotopic (exact) mass is 308 g/mol. The van der Waals surface area contributed by atoms with Gasteiger partial charge in [0, 0.05) is 14.3 Å². The molecule has 2 rings (SSSR count). The van der Waals surface area contributed by atoms with Gasteiger partial charge in [-0.2, -0.15) is 0 Å². The van der Waals surface area contributed by atoms with Gasteiger partial charge in [-0.15, -0.1) is 0 Å². The lowest BCUT2D eigenvalue weighted by molar-refractivity contribution is 0.196. The molecule has 1 atom stereocenters. The molecule has 0 radical (unpaired) electrons. The van der Waals surface area contributed by atoms with E-state index in [9.17, 15) is 5.11 Å². The quantitative estimate of drug-likeness (QED) is 0.890. The van der Waals surface area contributed by atoms with Crippen LogP contribution in [0.3, 0.4) is 0 Å². The summed E-state index contributed by atoms with van der Waals surface area (Å²) in [5.74, 6) is 0. The number of rotatable bonds is 3. The van der Waals surface area contributed by atoms with Crippen LogP contribution in [0.25, 0.3) is 0 Å². The van der Waals surface area contributed by atoms with Crippen molar-refractivity contribution in [1.82, 2.24) is 0 Å². The molecule has 3 heteroatoms. The molecule has 0 fully saturated rings. The van der Waals surface area contributed by atoms with Gasteiger partial charge in [-0.05, 0) is 46.6 Å². The minimum absolute atomic E-state index is 0.443. The van der Waals surface area contributed by atoms with Gasteiger partial charge in [0.1, 0.15) is 0 Å². The van der Waals surface area contributed by atoms with E-state index < -0.39 is 6.10 Å². The van der Waals surface area contributed by atoms with Gasteiger partial charge in [-0.25, -0.2) is 0 Å². The smallest absolute Gasteiger partial charge is 0.0772 e. The Hall–Kier alpha value is -0.770. The zero-order valence-corrected chi connectivity index (χ0v) is 11.8. The van der Waals surface area contributed by atoms with Crippen molar-refractivity contribution in [3.05, 3.63) is 58.6 Å². The first kappa shape index (κ1) is 12.7. The predicted molar refractivity (Wildman–Crippen MR) is 75.3 cm³/mol. The number of hydrogen-bond acceptors (Lipinski definition) is 2. The van der Waals surface area contributed by atoms with Crippen molar-refractivity contribution in [3.63, 3.8) is 0 Å². The molecule has 0 saturated carbocycles. The summed E-state index contributed by atoms with van der Waals surface area (Å²) in [5, 5.41) is 9.73. The standard InChI is InChI=1S/C14H13BrOS/c1-10(16)11-6-2-4-8-13(11)17-14-9-5-3-7-12(14)15/h2-10,16H,1H3/t10-/m0/s1. The van der Waals surface area contributed by atoms with Crippen molar-refractivity contribution < 1.29 is 5.11 Å². The molecule has 2 aromatic rings. The Morgan fingerprint density at radius 1 is 1.00 bits per heavy atom. The molecule has 1 N–H and O–H groups in total. The zero-order chi connectivity index (χ0) is 12.3. The Kier molecular flexibility index (Phi) is 4.26. The molecular formula is C14H13BrOS. The summed E-state index contributed by atoms with van der Waals surface area (Å²) in [7, 11) is 0. The van der Waals surface area contributed by atoms with E-state index in [4.69, 9.17) is 0 Å². The molecule has 0 aromatic heterocycles. The molecule has 0 unspecified atom stereocenters. The van der Waals surface area contributed by atoms with Gasteiger partial charge in [0.25, 0.3) is 0 Å². The van der Waals surface area contributed by atoms with Gasteiger partial charge < -0.3 is 5.11 Å². The third-order valence-corrected chi connectivity index (χ3v) is 4.55. The summed E-state index contributed by atoms with van der Waals surface area (Å²) in [6.07, 6.45) is -0.443. The van der Waals surface area contributed by atoms with Crippen molar-refractivity contribution in [3.8, 4) is 0 Å². The first-order chi connectivity index (χ1) is 8.18. The molecule has 2 aromatic carbocycles. The van der Waals surface area contributed by atoms with Crippen molar-refractivity contribution in [2.24, 2.45) is 0 Å². The Labute approximate surface area is 114 Å². The Morgan fingerprint density at radius 2 is 1.59 bits per heavy atom. The fourth-order valence-electron chi connectivity index (χ4n) is 1.56. The number of hydrogen-bond donors (Lipinski definition) is 1. The van der Waals surface area contributed by atoms with Crippen LogP contribution in [-0.4, -0.2) is 5.11 Å². The molecule has 0 heterocycles. The molecule has 0 aliphatic rings. The lowest BCUT2D eigenvalue weighted by atomic mass is 10.1. The fourth-order valence-corrected chi connectivity index (χ4v) is 3.14. The van der Waals surface area contributed by atoms with Crippen LogP contribution in [0, 0.1) is 0 Å². The average molecular weight is 309 g/mol. The van der Waals surface area contributed by atoms with Gasteiger partial charge in [-0.1, -0.05) is 42.1 Å². The molecule has 0 aliphatic heterocycles. The van der Waals surface area contributed by atoms with Gasteiger partial charge in [-0.3, -0.25) is 0 Å². The van der Waals surface area contributed by atoms with E-state index in [1.165, 1.54) is 0 Å². The summed E-state index contributed by atoms with van der Waals surface area (Å²) in [4.78, 5) is 2.25. The van der Waals surface area contributed by atoms with Crippen LogP contribution in [0.15, 0.2) is 62.8 Å². The highest BCUT2D eigenvalue weighted by atomic mass is 79.9. The van der Waals surface area contributed by atoms with E-state index in [0.717, 1.165) is 19.8 Å². The van der Waals surface area contributed by atoms with E-state index in [1.807, 2.05) is 42.5 Å². The minimum Gasteiger partial charge on any atom is -0.389 e. The van der Waals surface area contributed by atoms with Crippen LogP contribution < -0.4 is 0 Å². The van der Waals surface area contributed by atoms with Crippen molar-refractivity contribution in [1.29, 1.82) is 0 Å². The van der Waals surface area contributed by atoms with Crippen molar-refractivity contribution >= 4 is 27.7 Å². The maximum absolute atomic E-state index is 9.73. The van der Waals surface area contributed by atoms with E-state index in [2.05, 4.69) is 22.0 Å². The lowest BCUT2D eigenvalue weighted by Gasteiger charge is -2.11. The average Bonchev–Trinajstić information content (AvgIpc) is 2.32. The molecular weight excluding hydrogens is 296 g/mol. The van der Waals surface area contributed by atoms with E-state index in [1.54, 1.807) is 18.7 Å². The van der Waals surface area contributed by atoms with Crippen LogP contribution in [-0.2, 0) is 0 Å². The third-order valence-electron chi connectivity index (χ3n) is 2.43. The summed E-state index contributed by atoms with van der Waals surface area (Å²) in [5.41, 5.74) is 0.966. The molecule has 17 heavy (non-hydrogen) atoms. The topological polar surface area (TPSA) is 20.2 Å². The van der Waals surface area contributed by atoms with Crippen molar-refractivity contribution in [2.45, 2.75) is 22.8 Å². The zero-order valence-electron chi connectivity index (χ0n) is 9.43. The Bertz CT molecular complexity index is 511. The van der Waals surface area contributed by atoms with Crippen LogP contribution >= 0.6 is 27.7 Å². The van der Waals surface area contributed by atoms with E-state index in [0.29, 0.717) is 0 Å². The van der Waals surface area contributed by atoms with Crippen LogP contribution in [0.5, 0.6) is 0 Å². The first-order valence-electron chi connectivity index (χ1n) is 5.38. The minimum atomic E-state index is -0.443. The Balaban J connectivity index is 2.34. The summed E-state index contributed by atoms with van der Waals surface area (Å²) in [6.45, 7) is 1.79. The number of halogens is 1. The maximum atomic E-state index is 9.73. The van der Waals surface area contributed by atoms with Gasteiger partial charge in [0.2, 0.25) is 0 Å². The summed E-state index contributed by atoms with van der Waals surface area (Å²) >= 11 is 5.19. The normalized spacial score (nSPS) is 12.4. The highest BCUT2D eigenvalue weighted by Crippen LogP contribution is 2.36. The largest absolute Gasteiger partial charge is 0.389 e. The third kappa shape index (κ3) is 3.12. The molecule has 0 saturated heterocycles. The summed E-state index contributed by atoms with van der Waals surface area (Å²) < 4.78 is 1.07. The molecule has 0 aliphatic carbocycles. The molecule has 0 spiro atoms. The first-order valence-corrected chi connectivity index (χ1v) is 6.99. The number of benzene rings is 2. The second kappa shape index (κ2) is 5.71. The predicted octanol–water partition coefficient (Wildman–Crippen LogP) is 4.65. The lowest BCUT2D eigenvalue weighted by Crippen LogP contribution is -1.93. The van der Waals surface area contributed by atoms with Gasteiger partial charge in [0.15, 0.2) is 0 Å². The number of aliphatic hydroxyl groups excluding tert-OH is 1. The SMILES string of the molecule is C[C@H](O)c1ccccc1Sc1ccccc1Br. The second-order valence-corrected chi connectivity index (χ2v) is 5.68.